The molecule has 0 spiro atoms. The number of ether oxygens (including phenoxy) is 2. The Balaban J connectivity index is 1.43. The van der Waals surface area contributed by atoms with Crippen molar-refractivity contribution in [2.24, 2.45) is 0 Å². The van der Waals surface area contributed by atoms with E-state index < -0.39 is 0 Å². The number of aromatic nitrogens is 1. The van der Waals surface area contributed by atoms with Crippen LogP contribution in [0.3, 0.4) is 0 Å². The number of likely N-dealkylation sites (N-methyl/N-ethyl adjacent to an activating group) is 1. The van der Waals surface area contributed by atoms with E-state index >= 15 is 0 Å². The van der Waals surface area contributed by atoms with E-state index in [0.29, 0.717) is 11.8 Å². The number of hydrogen-bond donors (Lipinski definition) is 1. The molecule has 0 aliphatic carbocycles. The van der Waals surface area contributed by atoms with E-state index in [1.807, 2.05) is 0 Å². The second-order valence-corrected chi connectivity index (χ2v) is 9.90. The summed E-state index contributed by atoms with van der Waals surface area (Å²) in [5, 5.41) is 0. The monoisotopic (exact) mass is 427 g/mol. The standard InChI is InChI=1S/C24H33N3O2S/c1-24(2)16-19(11-14-29-24)17-5-7-20(8-6-17)30-26-22-15-18-9-12-27(3)13-10-21(18)25-23(22)28-4/h5-8,15,19,26H,9-14,16H2,1-4H3. The van der Waals surface area contributed by atoms with Gasteiger partial charge in [-0.1, -0.05) is 12.1 Å². The van der Waals surface area contributed by atoms with Crippen molar-refractivity contribution in [1.82, 2.24) is 9.88 Å². The minimum Gasteiger partial charge on any atom is -0.479 e. The number of fused-ring (bicyclic) bond motifs is 1. The van der Waals surface area contributed by atoms with E-state index in [1.54, 1.807) is 19.1 Å². The van der Waals surface area contributed by atoms with Gasteiger partial charge in [0.1, 0.15) is 5.69 Å². The molecule has 4 rings (SSSR count). The van der Waals surface area contributed by atoms with Crippen molar-refractivity contribution in [2.45, 2.75) is 55.9 Å². The van der Waals surface area contributed by atoms with Crippen molar-refractivity contribution in [3.05, 3.63) is 47.2 Å². The first-order valence-corrected chi connectivity index (χ1v) is 11.7. The summed E-state index contributed by atoms with van der Waals surface area (Å²) in [5.41, 5.74) is 4.81. The summed E-state index contributed by atoms with van der Waals surface area (Å²) in [6.45, 7) is 7.33. The van der Waals surface area contributed by atoms with Gasteiger partial charge in [-0.15, -0.1) is 0 Å². The van der Waals surface area contributed by atoms with E-state index in [0.717, 1.165) is 56.8 Å². The third kappa shape index (κ3) is 5.10. The number of hydrogen-bond acceptors (Lipinski definition) is 6. The molecule has 1 aromatic heterocycles. The Kier molecular flexibility index (Phi) is 6.56. The van der Waals surface area contributed by atoms with Crippen molar-refractivity contribution < 1.29 is 9.47 Å². The van der Waals surface area contributed by atoms with Gasteiger partial charge in [-0.05, 0) is 87.3 Å². The lowest BCUT2D eigenvalue weighted by atomic mass is 9.84. The molecule has 162 valence electrons. The fraction of sp³-hybridized carbons (Fsp3) is 0.542. The average molecular weight is 428 g/mol. The molecule has 5 nitrogen and oxygen atoms in total. The highest BCUT2D eigenvalue weighted by Gasteiger charge is 2.29. The second-order valence-electron chi connectivity index (χ2n) is 9.03. The van der Waals surface area contributed by atoms with Gasteiger partial charge in [0.2, 0.25) is 5.88 Å². The second kappa shape index (κ2) is 9.16. The number of anilines is 1. The van der Waals surface area contributed by atoms with Crippen LogP contribution in [-0.2, 0) is 17.6 Å². The highest BCUT2D eigenvalue weighted by molar-refractivity contribution is 8.00. The Morgan fingerprint density at radius 3 is 2.70 bits per heavy atom. The largest absolute Gasteiger partial charge is 0.479 e. The zero-order valence-corrected chi connectivity index (χ0v) is 19.3. The number of nitrogens with zero attached hydrogens (tertiary/aromatic N) is 2. The van der Waals surface area contributed by atoms with Crippen molar-refractivity contribution in [3.8, 4) is 5.88 Å². The zero-order valence-electron chi connectivity index (χ0n) is 18.5. The fourth-order valence-corrected chi connectivity index (χ4v) is 5.04. The summed E-state index contributed by atoms with van der Waals surface area (Å²) in [6, 6.07) is 11.1. The first-order chi connectivity index (χ1) is 14.4. The molecule has 1 unspecified atom stereocenters. The lowest BCUT2D eigenvalue weighted by Crippen LogP contribution is -2.32. The quantitative estimate of drug-likeness (QED) is 0.684. The molecule has 6 heteroatoms. The normalized spacial score (nSPS) is 21.5. The number of pyridine rings is 1. The van der Waals surface area contributed by atoms with Crippen LogP contribution in [0, 0.1) is 0 Å². The average Bonchev–Trinajstić information content (AvgIpc) is 2.92. The van der Waals surface area contributed by atoms with Crippen LogP contribution in [0.5, 0.6) is 5.88 Å². The molecular formula is C24H33N3O2S. The smallest absolute Gasteiger partial charge is 0.238 e. The topological polar surface area (TPSA) is 46.6 Å². The van der Waals surface area contributed by atoms with Gasteiger partial charge in [0, 0.05) is 36.7 Å². The first-order valence-electron chi connectivity index (χ1n) is 10.9. The molecule has 0 saturated carbocycles. The van der Waals surface area contributed by atoms with Gasteiger partial charge in [0.25, 0.3) is 0 Å². The van der Waals surface area contributed by atoms with E-state index in [1.165, 1.54) is 16.0 Å². The van der Waals surface area contributed by atoms with Crippen LogP contribution in [0.25, 0.3) is 0 Å². The molecule has 3 heterocycles. The van der Waals surface area contributed by atoms with Gasteiger partial charge < -0.3 is 19.1 Å². The van der Waals surface area contributed by atoms with Crippen LogP contribution in [-0.4, -0.2) is 49.3 Å². The molecule has 0 bridgehead atoms. The van der Waals surface area contributed by atoms with E-state index in [-0.39, 0.29) is 5.60 Å². The Hall–Kier alpha value is -1.76. The van der Waals surface area contributed by atoms with Crippen LogP contribution < -0.4 is 9.46 Å². The summed E-state index contributed by atoms with van der Waals surface area (Å²) < 4.78 is 14.9. The van der Waals surface area contributed by atoms with Crippen LogP contribution in [0.4, 0.5) is 5.69 Å². The molecule has 1 atom stereocenters. The summed E-state index contributed by atoms with van der Waals surface area (Å²) in [7, 11) is 3.86. The highest BCUT2D eigenvalue weighted by Crippen LogP contribution is 2.36. The number of nitrogens with one attached hydrogen (secondary N) is 1. The van der Waals surface area contributed by atoms with Gasteiger partial charge in [-0.3, -0.25) is 0 Å². The Morgan fingerprint density at radius 1 is 1.20 bits per heavy atom. The van der Waals surface area contributed by atoms with Gasteiger partial charge in [0.05, 0.1) is 12.7 Å². The molecule has 2 aromatic rings. The summed E-state index contributed by atoms with van der Waals surface area (Å²) in [5.74, 6) is 1.25. The molecule has 0 amide bonds. The number of methoxy groups -OCH3 is 1. The number of rotatable bonds is 5. The molecule has 1 aromatic carbocycles. The van der Waals surface area contributed by atoms with Gasteiger partial charge in [-0.2, -0.15) is 0 Å². The van der Waals surface area contributed by atoms with Crippen molar-refractivity contribution >= 4 is 17.6 Å². The third-order valence-electron chi connectivity index (χ3n) is 6.17. The lowest BCUT2D eigenvalue weighted by molar-refractivity contribution is -0.0593. The Bertz CT molecular complexity index is 869. The van der Waals surface area contributed by atoms with Crippen molar-refractivity contribution in [3.63, 3.8) is 0 Å². The van der Waals surface area contributed by atoms with Crippen LogP contribution in [0.2, 0.25) is 0 Å². The van der Waals surface area contributed by atoms with Crippen LogP contribution in [0.15, 0.2) is 35.2 Å². The molecular weight excluding hydrogens is 394 g/mol. The van der Waals surface area contributed by atoms with E-state index in [4.69, 9.17) is 14.5 Å². The van der Waals surface area contributed by atoms with Gasteiger partial charge in [0.15, 0.2) is 0 Å². The van der Waals surface area contributed by atoms with Crippen LogP contribution >= 0.6 is 11.9 Å². The molecule has 1 fully saturated rings. The maximum atomic E-state index is 5.87. The SMILES string of the molecule is COc1nc2c(cc1NSc1ccc(C3CCOC(C)(C)C3)cc1)CCN(C)CC2. The molecule has 30 heavy (non-hydrogen) atoms. The fourth-order valence-electron chi connectivity index (χ4n) is 4.39. The molecule has 2 aliphatic rings. The maximum absolute atomic E-state index is 5.87. The van der Waals surface area contributed by atoms with Crippen LogP contribution in [0.1, 0.15) is 49.4 Å². The van der Waals surface area contributed by atoms with Crippen molar-refractivity contribution in [1.29, 1.82) is 0 Å². The van der Waals surface area contributed by atoms with E-state index in [2.05, 4.69) is 60.8 Å². The van der Waals surface area contributed by atoms with Gasteiger partial charge >= 0.3 is 0 Å². The third-order valence-corrected chi connectivity index (χ3v) is 7.00. The molecule has 0 radical (unpaired) electrons. The Labute approximate surface area is 184 Å². The van der Waals surface area contributed by atoms with E-state index in [9.17, 15) is 0 Å². The number of benzene rings is 1. The maximum Gasteiger partial charge on any atom is 0.238 e. The molecule has 1 N–H and O–H groups in total. The predicted molar refractivity (Wildman–Crippen MR) is 124 cm³/mol. The minimum absolute atomic E-state index is 0.0262. The highest BCUT2D eigenvalue weighted by atomic mass is 32.2. The summed E-state index contributed by atoms with van der Waals surface area (Å²) >= 11 is 1.61. The van der Waals surface area contributed by atoms with Gasteiger partial charge in [-0.25, -0.2) is 4.98 Å². The molecule has 2 aliphatic heterocycles. The summed E-state index contributed by atoms with van der Waals surface area (Å²) in [6.07, 6.45) is 4.17. The van der Waals surface area contributed by atoms with Crippen molar-refractivity contribution in [2.75, 3.05) is 38.6 Å². The lowest BCUT2D eigenvalue weighted by Gasteiger charge is -2.35. The molecule has 1 saturated heterocycles. The minimum atomic E-state index is -0.0262. The first kappa shape index (κ1) is 21.5. The zero-order chi connectivity index (χ0) is 21.1. The predicted octanol–water partition coefficient (Wildman–Crippen LogP) is 4.91. The summed E-state index contributed by atoms with van der Waals surface area (Å²) in [4.78, 5) is 8.33. The Morgan fingerprint density at radius 2 is 1.97 bits per heavy atom.